The van der Waals surface area contributed by atoms with E-state index in [1.54, 1.807) is 53.8 Å². The molecule has 1 aliphatic carbocycles. The van der Waals surface area contributed by atoms with Crippen LogP contribution in [0.25, 0.3) is 0 Å². The van der Waals surface area contributed by atoms with Gasteiger partial charge in [0.05, 0.1) is 24.6 Å². The van der Waals surface area contributed by atoms with Gasteiger partial charge in [0.2, 0.25) is 5.88 Å². The Morgan fingerprint density at radius 1 is 1.05 bits per heavy atom. The van der Waals surface area contributed by atoms with Crippen LogP contribution in [-0.2, 0) is 20.8 Å². The molecule has 3 aliphatic rings. The van der Waals surface area contributed by atoms with Gasteiger partial charge in [0.1, 0.15) is 12.0 Å². The Hall–Kier alpha value is -4.61. The SMILES string of the molecule is Nc1ccccc1NC(=O)c1ccc(CN(CCCCN2CCOCC2)C(=O)NC2=COC=C(C3=CC=CCC3)O2)cn1. The molecule has 0 radical (unpaired) electrons. The maximum Gasteiger partial charge on any atom is 0.324 e. The number of ether oxygens (including phenoxy) is 3. The molecule has 1 aromatic heterocycles. The second kappa shape index (κ2) is 15.0. The smallest absolute Gasteiger partial charge is 0.324 e. The molecule has 2 aliphatic heterocycles. The summed E-state index contributed by atoms with van der Waals surface area (Å²) < 4.78 is 16.9. The predicted molar refractivity (Wildman–Crippen MR) is 163 cm³/mol. The van der Waals surface area contributed by atoms with Crippen molar-refractivity contribution in [1.29, 1.82) is 0 Å². The highest BCUT2D eigenvalue weighted by Gasteiger charge is 2.21. The van der Waals surface area contributed by atoms with Crippen LogP contribution in [-0.4, -0.2) is 66.1 Å². The molecular formula is C32H38N6O5. The minimum Gasteiger partial charge on any atom is -0.463 e. The summed E-state index contributed by atoms with van der Waals surface area (Å²) in [7, 11) is 0. The number of para-hydroxylation sites is 2. The van der Waals surface area contributed by atoms with Gasteiger partial charge in [-0.15, -0.1) is 0 Å². The summed E-state index contributed by atoms with van der Waals surface area (Å²) >= 11 is 0. The Morgan fingerprint density at radius 3 is 2.67 bits per heavy atom. The van der Waals surface area contributed by atoms with Crippen LogP contribution in [0.4, 0.5) is 16.2 Å². The molecule has 0 unspecified atom stereocenters. The van der Waals surface area contributed by atoms with E-state index in [1.807, 2.05) is 12.2 Å². The number of urea groups is 1. The number of anilines is 2. The standard InChI is InChI=1S/C32H38N6O5/c33-26-10-4-5-11-27(26)35-31(39)28-13-12-24(20-34-28)21-38(15-7-6-14-37-16-18-41-19-17-37)32(40)36-30-23-42-22-29(43-30)25-8-2-1-3-9-25/h1-2,4-5,8,10-13,20,22-23H,3,6-7,9,14-19,21,33H2,(H,35,39)(H,36,40). The van der Waals surface area contributed by atoms with Crippen LogP contribution in [0.2, 0.25) is 0 Å². The van der Waals surface area contributed by atoms with E-state index in [4.69, 9.17) is 19.9 Å². The quantitative estimate of drug-likeness (QED) is 0.259. The first-order chi connectivity index (χ1) is 21.0. The van der Waals surface area contributed by atoms with Crippen molar-refractivity contribution in [2.24, 2.45) is 0 Å². The number of carbonyl (C=O) groups excluding carboxylic acids is 2. The molecule has 1 saturated heterocycles. The summed E-state index contributed by atoms with van der Waals surface area (Å²) in [4.78, 5) is 34.6. The van der Waals surface area contributed by atoms with E-state index in [1.165, 1.54) is 6.26 Å². The molecule has 43 heavy (non-hydrogen) atoms. The number of nitrogens with zero attached hydrogens (tertiary/aromatic N) is 3. The zero-order valence-electron chi connectivity index (χ0n) is 24.2. The van der Waals surface area contributed by atoms with Crippen LogP contribution in [0.15, 0.2) is 90.6 Å². The molecule has 4 N–H and O–H groups in total. The van der Waals surface area contributed by atoms with Crippen molar-refractivity contribution < 1.29 is 23.8 Å². The van der Waals surface area contributed by atoms with Crippen LogP contribution in [0.1, 0.15) is 41.7 Å². The van der Waals surface area contributed by atoms with Crippen LogP contribution in [0.3, 0.4) is 0 Å². The third kappa shape index (κ3) is 8.69. The van der Waals surface area contributed by atoms with E-state index >= 15 is 0 Å². The molecule has 0 bridgehead atoms. The lowest BCUT2D eigenvalue weighted by Gasteiger charge is -2.28. The highest BCUT2D eigenvalue weighted by Crippen LogP contribution is 2.25. The first-order valence-corrected chi connectivity index (χ1v) is 14.6. The molecule has 3 heterocycles. The number of allylic oxidation sites excluding steroid dienone is 4. The van der Waals surface area contributed by atoms with Crippen molar-refractivity contribution in [2.75, 3.05) is 50.4 Å². The first kappa shape index (κ1) is 29.9. The van der Waals surface area contributed by atoms with Crippen LogP contribution in [0, 0.1) is 0 Å². The molecule has 5 rings (SSSR count). The average Bonchev–Trinajstić information content (AvgIpc) is 3.05. The number of nitrogens with one attached hydrogen (secondary N) is 2. The number of amides is 3. The van der Waals surface area contributed by atoms with Crippen molar-refractivity contribution in [3.8, 4) is 0 Å². The Morgan fingerprint density at radius 2 is 1.91 bits per heavy atom. The number of pyridine rings is 1. The Labute approximate surface area is 251 Å². The van der Waals surface area contributed by atoms with Gasteiger partial charge >= 0.3 is 6.03 Å². The number of benzene rings is 1. The zero-order valence-corrected chi connectivity index (χ0v) is 24.2. The Kier molecular flexibility index (Phi) is 10.4. The number of rotatable bonds is 11. The summed E-state index contributed by atoms with van der Waals surface area (Å²) in [5.41, 5.74) is 8.98. The lowest BCUT2D eigenvalue weighted by molar-refractivity contribution is 0.0369. The average molecular weight is 587 g/mol. The normalized spacial score (nSPS) is 16.6. The molecule has 0 spiro atoms. The number of morpholine rings is 1. The van der Waals surface area contributed by atoms with Gasteiger partial charge in [0.25, 0.3) is 5.91 Å². The van der Waals surface area contributed by atoms with Crippen LogP contribution >= 0.6 is 0 Å². The van der Waals surface area contributed by atoms with Crippen LogP contribution < -0.4 is 16.4 Å². The fraction of sp³-hybridized carbons (Fsp3) is 0.344. The van der Waals surface area contributed by atoms with Crippen molar-refractivity contribution in [3.63, 3.8) is 0 Å². The maximum atomic E-state index is 13.5. The zero-order chi connectivity index (χ0) is 29.9. The Bertz CT molecular complexity index is 1400. The molecule has 0 atom stereocenters. The number of aromatic nitrogens is 1. The van der Waals surface area contributed by atoms with Gasteiger partial charge in [-0.1, -0.05) is 36.4 Å². The summed E-state index contributed by atoms with van der Waals surface area (Å²) in [6.45, 7) is 5.16. The minimum absolute atomic E-state index is 0.224. The molecule has 1 fully saturated rings. The topological polar surface area (TPSA) is 131 Å². The highest BCUT2D eigenvalue weighted by molar-refractivity contribution is 6.04. The number of nitrogens with two attached hydrogens (primary N) is 1. The molecule has 1 aromatic carbocycles. The van der Waals surface area contributed by atoms with E-state index in [9.17, 15) is 9.59 Å². The number of carbonyl (C=O) groups is 2. The molecule has 3 amide bonds. The van der Waals surface area contributed by atoms with Gasteiger partial charge in [0.15, 0.2) is 12.0 Å². The van der Waals surface area contributed by atoms with E-state index in [0.29, 0.717) is 30.2 Å². The van der Waals surface area contributed by atoms with E-state index in [2.05, 4.69) is 26.6 Å². The van der Waals surface area contributed by atoms with Gasteiger partial charge in [0, 0.05) is 32.4 Å². The monoisotopic (exact) mass is 586 g/mol. The molecule has 11 heteroatoms. The largest absolute Gasteiger partial charge is 0.463 e. The van der Waals surface area contributed by atoms with Gasteiger partial charge in [-0.25, -0.2) is 4.79 Å². The fourth-order valence-corrected chi connectivity index (χ4v) is 4.90. The molecule has 226 valence electrons. The van der Waals surface area contributed by atoms with Gasteiger partial charge < -0.3 is 30.2 Å². The minimum atomic E-state index is -0.365. The highest BCUT2D eigenvalue weighted by atomic mass is 16.6. The first-order valence-electron chi connectivity index (χ1n) is 14.6. The summed E-state index contributed by atoms with van der Waals surface area (Å²) in [5.74, 6) is 0.437. The van der Waals surface area contributed by atoms with Gasteiger partial charge in [-0.3, -0.25) is 20.0 Å². The van der Waals surface area contributed by atoms with Crippen LogP contribution in [0.5, 0.6) is 0 Å². The van der Waals surface area contributed by atoms with Crippen molar-refractivity contribution in [3.05, 3.63) is 102 Å². The number of nitrogen functional groups attached to an aromatic ring is 1. The maximum absolute atomic E-state index is 13.5. The number of unbranched alkanes of at least 4 members (excludes halogenated alkanes) is 1. The third-order valence-electron chi connectivity index (χ3n) is 7.31. The van der Waals surface area contributed by atoms with Crippen molar-refractivity contribution >= 4 is 23.3 Å². The number of hydrogen-bond donors (Lipinski definition) is 3. The van der Waals surface area contributed by atoms with E-state index < -0.39 is 0 Å². The second-order valence-electron chi connectivity index (χ2n) is 10.5. The van der Waals surface area contributed by atoms with Crippen molar-refractivity contribution in [2.45, 2.75) is 32.2 Å². The molecular weight excluding hydrogens is 548 g/mol. The van der Waals surface area contributed by atoms with Gasteiger partial charge in [-0.2, -0.15) is 0 Å². The van der Waals surface area contributed by atoms with Crippen molar-refractivity contribution in [1.82, 2.24) is 20.1 Å². The van der Waals surface area contributed by atoms with E-state index in [0.717, 1.165) is 69.7 Å². The van der Waals surface area contributed by atoms with Gasteiger partial charge in [-0.05, 0) is 61.6 Å². The third-order valence-corrected chi connectivity index (χ3v) is 7.31. The van der Waals surface area contributed by atoms with E-state index in [-0.39, 0.29) is 23.5 Å². The predicted octanol–water partition coefficient (Wildman–Crippen LogP) is 4.50. The molecule has 11 nitrogen and oxygen atoms in total. The Balaban J connectivity index is 1.20. The lowest BCUT2D eigenvalue weighted by atomic mass is 10.0. The molecule has 2 aromatic rings. The molecule has 0 saturated carbocycles. The fourth-order valence-electron chi connectivity index (χ4n) is 4.90. The second-order valence-corrected chi connectivity index (χ2v) is 10.5. The summed E-state index contributed by atoms with van der Waals surface area (Å²) in [5, 5.41) is 5.63. The summed E-state index contributed by atoms with van der Waals surface area (Å²) in [6, 6.07) is 10.2. The number of hydrogen-bond acceptors (Lipinski definition) is 8. The lowest BCUT2D eigenvalue weighted by Crippen LogP contribution is -2.41. The summed E-state index contributed by atoms with van der Waals surface area (Å²) in [6.07, 6.45) is 14.1.